The van der Waals surface area contributed by atoms with Crippen LogP contribution in [0.5, 0.6) is 0 Å². The lowest BCUT2D eigenvalue weighted by molar-refractivity contribution is 1.20. The van der Waals surface area contributed by atoms with Gasteiger partial charge in [0.15, 0.2) is 0 Å². The maximum atomic E-state index is 5.10. The Morgan fingerprint density at radius 3 is 1.18 bits per heavy atom. The average molecular weight is 491 g/mol. The van der Waals surface area contributed by atoms with E-state index in [0.717, 1.165) is 67.5 Å². The van der Waals surface area contributed by atoms with E-state index in [0.29, 0.717) is 0 Å². The minimum absolute atomic E-state index is 0.851. The first-order valence-electron chi connectivity index (χ1n) is 12.7. The Balaban J connectivity index is 1.66. The summed E-state index contributed by atoms with van der Waals surface area (Å²) >= 11 is 0. The van der Waals surface area contributed by atoms with Crippen LogP contribution in [0.1, 0.15) is 11.1 Å². The summed E-state index contributed by atoms with van der Waals surface area (Å²) in [6.07, 6.45) is 3.63. The zero-order chi connectivity index (χ0) is 25.9. The molecule has 0 aliphatic carbocycles. The van der Waals surface area contributed by atoms with Gasteiger partial charge in [-0.05, 0) is 72.5 Å². The maximum absolute atomic E-state index is 5.10. The van der Waals surface area contributed by atoms with E-state index in [-0.39, 0.29) is 0 Å². The molecule has 182 valence electrons. The van der Waals surface area contributed by atoms with E-state index in [4.69, 9.17) is 9.97 Å². The van der Waals surface area contributed by atoms with E-state index in [1.54, 1.807) is 0 Å². The largest absolute Gasteiger partial charge is 0.255 e. The van der Waals surface area contributed by atoms with Crippen molar-refractivity contribution in [2.24, 2.45) is 0 Å². The number of aromatic nitrogens is 4. The first-order chi connectivity index (χ1) is 18.7. The molecular formula is C34H26N4. The third-order valence-corrected chi connectivity index (χ3v) is 6.79. The van der Waals surface area contributed by atoms with Crippen LogP contribution >= 0.6 is 0 Å². The Hall–Kier alpha value is -4.96. The molecule has 4 nitrogen and oxygen atoms in total. The second-order valence-electron chi connectivity index (χ2n) is 9.22. The standard InChI is InChI=1S/C34H26N4/c1-23-27(21-31(25-13-5-3-6-14-25)37-33(23)29-17-9-11-19-35-29)28-22-32(26-15-7-4-8-16-26)38-34(24(28)2)30-18-10-12-20-36-30/h3-22H,1-2H3. The Bertz CT molecular complexity index is 1570. The number of pyridine rings is 4. The highest BCUT2D eigenvalue weighted by atomic mass is 14.8. The summed E-state index contributed by atoms with van der Waals surface area (Å²) in [5.74, 6) is 0. The zero-order valence-corrected chi connectivity index (χ0v) is 21.3. The summed E-state index contributed by atoms with van der Waals surface area (Å²) in [5.41, 5.74) is 11.7. The van der Waals surface area contributed by atoms with Gasteiger partial charge in [0.1, 0.15) is 0 Å². The fourth-order valence-corrected chi connectivity index (χ4v) is 4.80. The van der Waals surface area contributed by atoms with Crippen LogP contribution in [0.15, 0.2) is 122 Å². The van der Waals surface area contributed by atoms with Crippen LogP contribution in [0.3, 0.4) is 0 Å². The number of benzene rings is 2. The van der Waals surface area contributed by atoms with Gasteiger partial charge in [-0.2, -0.15) is 0 Å². The fourth-order valence-electron chi connectivity index (χ4n) is 4.80. The quantitative estimate of drug-likeness (QED) is 0.244. The molecule has 38 heavy (non-hydrogen) atoms. The molecular weight excluding hydrogens is 464 g/mol. The molecule has 0 unspecified atom stereocenters. The monoisotopic (exact) mass is 490 g/mol. The summed E-state index contributed by atoms with van der Waals surface area (Å²) in [4.78, 5) is 19.5. The Morgan fingerprint density at radius 1 is 0.421 bits per heavy atom. The van der Waals surface area contributed by atoms with Gasteiger partial charge < -0.3 is 0 Å². The summed E-state index contributed by atoms with van der Waals surface area (Å²) in [5, 5.41) is 0. The molecule has 0 radical (unpaired) electrons. The van der Waals surface area contributed by atoms with Crippen LogP contribution in [-0.2, 0) is 0 Å². The normalized spacial score (nSPS) is 10.9. The van der Waals surface area contributed by atoms with Crippen molar-refractivity contribution >= 4 is 0 Å². The van der Waals surface area contributed by atoms with Gasteiger partial charge in [0.2, 0.25) is 0 Å². The second-order valence-corrected chi connectivity index (χ2v) is 9.22. The van der Waals surface area contributed by atoms with Gasteiger partial charge in [0.05, 0.1) is 34.2 Å². The van der Waals surface area contributed by atoms with Gasteiger partial charge in [0.25, 0.3) is 0 Å². The molecule has 4 heterocycles. The molecule has 6 aromatic rings. The van der Waals surface area contributed by atoms with Gasteiger partial charge in [-0.1, -0.05) is 72.8 Å². The van der Waals surface area contributed by atoms with E-state index in [2.05, 4.69) is 60.2 Å². The van der Waals surface area contributed by atoms with Crippen molar-refractivity contribution in [2.45, 2.75) is 13.8 Å². The number of nitrogens with zero attached hydrogens (tertiary/aromatic N) is 4. The minimum Gasteiger partial charge on any atom is -0.255 e. The molecule has 0 bridgehead atoms. The molecule has 0 spiro atoms. The molecule has 0 saturated carbocycles. The van der Waals surface area contributed by atoms with Gasteiger partial charge in [-0.15, -0.1) is 0 Å². The van der Waals surface area contributed by atoms with Crippen molar-refractivity contribution in [3.05, 3.63) is 133 Å². The van der Waals surface area contributed by atoms with Crippen LogP contribution in [0.2, 0.25) is 0 Å². The van der Waals surface area contributed by atoms with Crippen molar-refractivity contribution in [3.8, 4) is 56.4 Å². The predicted octanol–water partition coefficient (Wildman–Crippen LogP) is 8.22. The molecule has 0 aliphatic heterocycles. The topological polar surface area (TPSA) is 51.6 Å². The fraction of sp³-hybridized carbons (Fsp3) is 0.0588. The van der Waals surface area contributed by atoms with Crippen molar-refractivity contribution in [3.63, 3.8) is 0 Å². The first kappa shape index (κ1) is 23.4. The lowest BCUT2D eigenvalue weighted by Crippen LogP contribution is -2.01. The molecule has 4 heteroatoms. The van der Waals surface area contributed by atoms with Crippen molar-refractivity contribution in [1.82, 2.24) is 19.9 Å². The third-order valence-electron chi connectivity index (χ3n) is 6.79. The van der Waals surface area contributed by atoms with Gasteiger partial charge in [-0.3, -0.25) is 9.97 Å². The van der Waals surface area contributed by atoms with Crippen LogP contribution < -0.4 is 0 Å². The SMILES string of the molecule is Cc1c(-c2cc(-c3ccccc3)nc(-c3ccccn3)c2C)cc(-c2ccccc2)nc1-c1ccccn1. The predicted molar refractivity (Wildman–Crippen MR) is 154 cm³/mol. The van der Waals surface area contributed by atoms with E-state index >= 15 is 0 Å². The molecule has 0 N–H and O–H groups in total. The molecule has 0 amide bonds. The molecule has 0 aliphatic rings. The summed E-state index contributed by atoms with van der Waals surface area (Å²) < 4.78 is 0. The maximum Gasteiger partial charge on any atom is 0.0928 e. The molecule has 0 atom stereocenters. The van der Waals surface area contributed by atoms with E-state index in [1.807, 2.05) is 85.2 Å². The van der Waals surface area contributed by atoms with Crippen molar-refractivity contribution < 1.29 is 0 Å². The second kappa shape index (κ2) is 10.2. The summed E-state index contributed by atoms with van der Waals surface area (Å²) in [6, 6.07) is 36.9. The first-order valence-corrected chi connectivity index (χ1v) is 12.7. The Morgan fingerprint density at radius 2 is 0.816 bits per heavy atom. The summed E-state index contributed by atoms with van der Waals surface area (Å²) in [6.45, 7) is 4.26. The molecule has 0 saturated heterocycles. The van der Waals surface area contributed by atoms with Crippen LogP contribution in [0, 0.1) is 13.8 Å². The lowest BCUT2D eigenvalue weighted by Gasteiger charge is -2.18. The van der Waals surface area contributed by atoms with Crippen molar-refractivity contribution in [2.75, 3.05) is 0 Å². The molecule has 4 aromatic heterocycles. The minimum atomic E-state index is 0.851. The Labute approximate surface area is 222 Å². The third kappa shape index (κ3) is 4.48. The molecule has 0 fully saturated rings. The highest BCUT2D eigenvalue weighted by molar-refractivity contribution is 5.85. The smallest absolute Gasteiger partial charge is 0.0928 e. The highest BCUT2D eigenvalue weighted by Crippen LogP contribution is 2.39. The lowest BCUT2D eigenvalue weighted by atomic mass is 9.91. The van der Waals surface area contributed by atoms with Gasteiger partial charge >= 0.3 is 0 Å². The average Bonchev–Trinajstić information content (AvgIpc) is 2.99. The highest BCUT2D eigenvalue weighted by Gasteiger charge is 2.20. The van der Waals surface area contributed by atoms with Crippen LogP contribution in [0.25, 0.3) is 56.4 Å². The number of rotatable bonds is 5. The molecule has 6 rings (SSSR count). The number of hydrogen-bond acceptors (Lipinski definition) is 4. The van der Waals surface area contributed by atoms with E-state index < -0.39 is 0 Å². The summed E-state index contributed by atoms with van der Waals surface area (Å²) in [7, 11) is 0. The van der Waals surface area contributed by atoms with E-state index in [1.165, 1.54) is 0 Å². The van der Waals surface area contributed by atoms with Crippen molar-refractivity contribution in [1.29, 1.82) is 0 Å². The van der Waals surface area contributed by atoms with Gasteiger partial charge in [-0.25, -0.2) is 9.97 Å². The number of hydrogen-bond donors (Lipinski definition) is 0. The van der Waals surface area contributed by atoms with Crippen LogP contribution in [0.4, 0.5) is 0 Å². The van der Waals surface area contributed by atoms with E-state index in [9.17, 15) is 0 Å². The molecule has 2 aromatic carbocycles. The van der Waals surface area contributed by atoms with Gasteiger partial charge in [0, 0.05) is 23.5 Å². The van der Waals surface area contributed by atoms with Crippen LogP contribution in [-0.4, -0.2) is 19.9 Å². The Kier molecular flexibility index (Phi) is 6.29. The zero-order valence-electron chi connectivity index (χ0n) is 21.3.